The lowest BCUT2D eigenvalue weighted by molar-refractivity contribution is -0.120. The third kappa shape index (κ3) is 3.79. The highest BCUT2D eigenvalue weighted by Gasteiger charge is 2.31. The van der Waals surface area contributed by atoms with Gasteiger partial charge in [0, 0.05) is 5.69 Å². The van der Waals surface area contributed by atoms with Crippen LogP contribution < -0.4 is 25.3 Å². The zero-order valence-electron chi connectivity index (χ0n) is 15.2. The predicted octanol–water partition coefficient (Wildman–Crippen LogP) is 3.21. The first-order valence-electron chi connectivity index (χ1n) is 7.81. The Morgan fingerprint density at radius 3 is 2.08 bits per heavy atom. The van der Waals surface area contributed by atoms with Crippen LogP contribution >= 0.6 is 0 Å². The van der Waals surface area contributed by atoms with Gasteiger partial charge in [0.1, 0.15) is 5.75 Å². The number of rotatable bonds is 6. The lowest BCUT2D eigenvalue weighted by atomic mass is 9.83. The number of ether oxygens (including phenoxy) is 3. The van der Waals surface area contributed by atoms with Crippen molar-refractivity contribution in [2.24, 2.45) is 0 Å². The van der Waals surface area contributed by atoms with Crippen LogP contribution in [0.15, 0.2) is 36.4 Å². The van der Waals surface area contributed by atoms with Crippen molar-refractivity contribution in [2.75, 3.05) is 32.4 Å². The second-order valence-electron chi connectivity index (χ2n) is 6.11. The monoisotopic (exact) mass is 344 g/mol. The van der Waals surface area contributed by atoms with Crippen molar-refractivity contribution < 1.29 is 19.0 Å². The average molecular weight is 344 g/mol. The van der Waals surface area contributed by atoms with Crippen molar-refractivity contribution >= 4 is 17.3 Å². The molecule has 0 atom stereocenters. The Bertz CT molecular complexity index is 772. The van der Waals surface area contributed by atoms with E-state index in [1.165, 1.54) is 0 Å². The van der Waals surface area contributed by atoms with Gasteiger partial charge < -0.3 is 25.3 Å². The Kier molecular flexibility index (Phi) is 5.41. The normalized spacial score (nSPS) is 10.9. The van der Waals surface area contributed by atoms with Gasteiger partial charge in [0.2, 0.25) is 5.91 Å². The molecule has 2 rings (SSSR count). The third-order valence-electron chi connectivity index (χ3n) is 4.16. The number of nitrogens with two attached hydrogens (primary N) is 1. The summed E-state index contributed by atoms with van der Waals surface area (Å²) < 4.78 is 15.7. The Labute approximate surface area is 147 Å². The number of hydrogen-bond acceptors (Lipinski definition) is 5. The number of amides is 1. The van der Waals surface area contributed by atoms with E-state index in [1.807, 2.05) is 19.9 Å². The van der Waals surface area contributed by atoms with Crippen LogP contribution in [0.1, 0.15) is 19.4 Å². The molecule has 0 radical (unpaired) electrons. The summed E-state index contributed by atoms with van der Waals surface area (Å²) >= 11 is 0. The molecule has 3 N–H and O–H groups in total. The first-order valence-corrected chi connectivity index (χ1v) is 7.81. The maximum atomic E-state index is 12.8. The number of hydrogen-bond donors (Lipinski definition) is 2. The summed E-state index contributed by atoms with van der Waals surface area (Å²) in [5.74, 6) is 1.60. The number of carbonyl (C=O) groups is 1. The van der Waals surface area contributed by atoms with Crippen LogP contribution in [0.5, 0.6) is 17.2 Å². The molecule has 25 heavy (non-hydrogen) atoms. The maximum absolute atomic E-state index is 12.8. The molecule has 0 aliphatic rings. The standard InChI is InChI=1S/C19H24N2O4/c1-19(2,12-6-8-16(24-4)17(10-12)25-5)18(22)21-13-7-9-15(23-3)14(20)11-13/h6-11H,20H2,1-5H3,(H,21,22). The van der Waals surface area contributed by atoms with E-state index in [9.17, 15) is 4.79 Å². The van der Waals surface area contributed by atoms with Crippen LogP contribution in [0.3, 0.4) is 0 Å². The molecule has 0 saturated heterocycles. The minimum absolute atomic E-state index is 0.163. The molecule has 0 saturated carbocycles. The van der Waals surface area contributed by atoms with E-state index >= 15 is 0 Å². The van der Waals surface area contributed by atoms with E-state index < -0.39 is 5.41 Å². The summed E-state index contributed by atoms with van der Waals surface area (Å²) in [5, 5.41) is 2.89. The van der Waals surface area contributed by atoms with Gasteiger partial charge in [-0.05, 0) is 49.7 Å². The van der Waals surface area contributed by atoms with Gasteiger partial charge in [0.05, 0.1) is 32.4 Å². The van der Waals surface area contributed by atoms with Crippen molar-refractivity contribution in [1.29, 1.82) is 0 Å². The van der Waals surface area contributed by atoms with E-state index in [0.717, 1.165) is 5.56 Å². The van der Waals surface area contributed by atoms with Gasteiger partial charge in [-0.25, -0.2) is 0 Å². The highest BCUT2D eigenvalue weighted by atomic mass is 16.5. The van der Waals surface area contributed by atoms with Crippen molar-refractivity contribution in [3.63, 3.8) is 0 Å². The minimum Gasteiger partial charge on any atom is -0.495 e. The molecule has 0 bridgehead atoms. The maximum Gasteiger partial charge on any atom is 0.234 e. The minimum atomic E-state index is -0.783. The molecular formula is C19H24N2O4. The molecule has 0 aliphatic carbocycles. The first kappa shape index (κ1) is 18.4. The number of methoxy groups -OCH3 is 3. The highest BCUT2D eigenvalue weighted by Crippen LogP contribution is 2.34. The lowest BCUT2D eigenvalue weighted by Gasteiger charge is -2.25. The van der Waals surface area contributed by atoms with Gasteiger partial charge in [0.25, 0.3) is 0 Å². The van der Waals surface area contributed by atoms with Gasteiger partial charge in [-0.15, -0.1) is 0 Å². The topological polar surface area (TPSA) is 82.8 Å². The molecule has 0 heterocycles. The van der Waals surface area contributed by atoms with Gasteiger partial charge in [-0.3, -0.25) is 4.79 Å². The highest BCUT2D eigenvalue weighted by molar-refractivity contribution is 5.99. The molecule has 0 aliphatic heterocycles. The van der Waals surface area contributed by atoms with Crippen LogP contribution in [0.25, 0.3) is 0 Å². The van der Waals surface area contributed by atoms with Crippen molar-refractivity contribution in [3.8, 4) is 17.2 Å². The Morgan fingerprint density at radius 2 is 1.52 bits per heavy atom. The van der Waals surface area contributed by atoms with E-state index in [4.69, 9.17) is 19.9 Å². The molecule has 1 amide bonds. The van der Waals surface area contributed by atoms with Gasteiger partial charge in [-0.1, -0.05) is 6.07 Å². The Morgan fingerprint density at radius 1 is 0.920 bits per heavy atom. The van der Waals surface area contributed by atoms with Crippen LogP contribution in [0.4, 0.5) is 11.4 Å². The smallest absolute Gasteiger partial charge is 0.234 e. The largest absolute Gasteiger partial charge is 0.495 e. The predicted molar refractivity (Wildman–Crippen MR) is 98.6 cm³/mol. The Hall–Kier alpha value is -2.89. The second-order valence-corrected chi connectivity index (χ2v) is 6.11. The quantitative estimate of drug-likeness (QED) is 0.786. The summed E-state index contributed by atoms with van der Waals surface area (Å²) in [6.45, 7) is 3.69. The first-order chi connectivity index (χ1) is 11.8. The van der Waals surface area contributed by atoms with E-state index in [2.05, 4.69) is 5.32 Å². The van der Waals surface area contributed by atoms with Gasteiger partial charge in [-0.2, -0.15) is 0 Å². The molecule has 0 aromatic heterocycles. The molecule has 134 valence electrons. The zero-order valence-corrected chi connectivity index (χ0v) is 15.2. The number of nitrogen functional groups attached to an aromatic ring is 1. The molecule has 6 heteroatoms. The van der Waals surface area contributed by atoms with Gasteiger partial charge in [0.15, 0.2) is 11.5 Å². The molecule has 0 spiro atoms. The molecular weight excluding hydrogens is 320 g/mol. The van der Waals surface area contributed by atoms with E-state index in [1.54, 1.807) is 51.7 Å². The van der Waals surface area contributed by atoms with Crippen LogP contribution in [-0.2, 0) is 10.2 Å². The number of carbonyl (C=O) groups excluding carboxylic acids is 1. The van der Waals surface area contributed by atoms with Crippen molar-refractivity contribution in [3.05, 3.63) is 42.0 Å². The number of nitrogens with one attached hydrogen (secondary N) is 1. The molecule has 2 aromatic rings. The summed E-state index contributed by atoms with van der Waals surface area (Å²) in [6.07, 6.45) is 0. The summed E-state index contributed by atoms with van der Waals surface area (Å²) in [7, 11) is 4.68. The second kappa shape index (κ2) is 7.34. The fourth-order valence-corrected chi connectivity index (χ4v) is 2.46. The van der Waals surface area contributed by atoms with Crippen LogP contribution in [-0.4, -0.2) is 27.2 Å². The molecule has 6 nitrogen and oxygen atoms in total. The molecule has 2 aromatic carbocycles. The van der Waals surface area contributed by atoms with Crippen LogP contribution in [0, 0.1) is 0 Å². The fourth-order valence-electron chi connectivity index (χ4n) is 2.46. The third-order valence-corrected chi connectivity index (χ3v) is 4.16. The van der Waals surface area contributed by atoms with Crippen molar-refractivity contribution in [2.45, 2.75) is 19.3 Å². The SMILES string of the molecule is COc1ccc(NC(=O)C(C)(C)c2ccc(OC)c(OC)c2)cc1N. The van der Waals surface area contributed by atoms with E-state index in [-0.39, 0.29) is 5.91 Å². The van der Waals surface area contributed by atoms with Gasteiger partial charge >= 0.3 is 0 Å². The summed E-state index contributed by atoms with van der Waals surface area (Å²) in [5.41, 5.74) is 6.99. The number of anilines is 2. The molecule has 0 unspecified atom stereocenters. The van der Waals surface area contributed by atoms with Crippen molar-refractivity contribution in [1.82, 2.24) is 0 Å². The van der Waals surface area contributed by atoms with E-state index in [0.29, 0.717) is 28.6 Å². The average Bonchev–Trinajstić information content (AvgIpc) is 2.61. The zero-order chi connectivity index (χ0) is 18.6. The van der Waals surface area contributed by atoms with Crippen LogP contribution in [0.2, 0.25) is 0 Å². The fraction of sp³-hybridized carbons (Fsp3) is 0.316. The lowest BCUT2D eigenvalue weighted by Crippen LogP contribution is -2.34. The summed E-state index contributed by atoms with van der Waals surface area (Å²) in [6, 6.07) is 10.6. The number of benzene rings is 2. The Balaban J connectivity index is 2.26. The molecule has 0 fully saturated rings. The summed E-state index contributed by atoms with van der Waals surface area (Å²) in [4.78, 5) is 12.8.